The van der Waals surface area contributed by atoms with Crippen LogP contribution in [0.2, 0.25) is 0 Å². The van der Waals surface area contributed by atoms with Crippen molar-refractivity contribution >= 4 is 6.21 Å². The van der Waals surface area contributed by atoms with Gasteiger partial charge in [-0.3, -0.25) is 4.99 Å². The maximum absolute atomic E-state index is 13.4. The number of halogens is 3. The number of ether oxygens (including phenoxy) is 1. The first kappa shape index (κ1) is 13.4. The molecule has 2 aliphatic heterocycles. The summed E-state index contributed by atoms with van der Waals surface area (Å²) in [5.74, 6) is 0.479. The Kier molecular flexibility index (Phi) is 2.67. The summed E-state index contributed by atoms with van der Waals surface area (Å²) in [5.41, 5.74) is -0.452. The molecule has 1 spiro atoms. The Labute approximate surface area is 125 Å². The zero-order valence-corrected chi connectivity index (χ0v) is 11.6. The quantitative estimate of drug-likeness (QED) is 0.724. The summed E-state index contributed by atoms with van der Waals surface area (Å²) in [7, 11) is 0. The number of nitrogens with zero attached hydrogens (tertiary/aromatic N) is 2. The third-order valence-corrected chi connectivity index (χ3v) is 4.24. The predicted molar refractivity (Wildman–Crippen MR) is 75.7 cm³/mol. The molecule has 0 bridgehead atoms. The Hall–Kier alpha value is -2.24. The second-order valence-corrected chi connectivity index (χ2v) is 5.54. The minimum Gasteiger partial charge on any atom is -0.478 e. The fourth-order valence-corrected chi connectivity index (χ4v) is 3.24. The highest BCUT2D eigenvalue weighted by molar-refractivity contribution is 5.63. The number of rotatable bonds is 0. The van der Waals surface area contributed by atoms with Gasteiger partial charge in [0.05, 0.1) is 11.4 Å². The van der Waals surface area contributed by atoms with Crippen LogP contribution in [0.25, 0.3) is 5.69 Å². The monoisotopic (exact) mass is 306 g/mol. The topological polar surface area (TPSA) is 26.5 Å². The Morgan fingerprint density at radius 2 is 1.95 bits per heavy atom. The number of alkyl halides is 3. The van der Waals surface area contributed by atoms with E-state index in [0.717, 1.165) is 6.07 Å². The summed E-state index contributed by atoms with van der Waals surface area (Å²) < 4.78 is 47.5. The Balaban J connectivity index is 2.00. The summed E-state index contributed by atoms with van der Waals surface area (Å²) in [4.78, 5) is 4.17. The van der Waals surface area contributed by atoms with Crippen LogP contribution in [0.1, 0.15) is 24.2 Å². The lowest BCUT2D eigenvalue weighted by Crippen LogP contribution is -2.41. The third kappa shape index (κ3) is 1.79. The fourth-order valence-electron chi connectivity index (χ4n) is 3.24. The molecule has 0 saturated carbocycles. The van der Waals surface area contributed by atoms with Crippen molar-refractivity contribution in [2.45, 2.75) is 24.6 Å². The van der Waals surface area contributed by atoms with Gasteiger partial charge in [-0.1, -0.05) is 12.1 Å². The average Bonchev–Trinajstić information content (AvgIpc) is 2.95. The van der Waals surface area contributed by atoms with Gasteiger partial charge >= 0.3 is 6.18 Å². The van der Waals surface area contributed by atoms with Crippen LogP contribution in [-0.2, 0) is 11.8 Å². The van der Waals surface area contributed by atoms with Crippen molar-refractivity contribution in [3.63, 3.8) is 0 Å². The summed E-state index contributed by atoms with van der Waals surface area (Å²) in [6, 6.07) is 9.51. The van der Waals surface area contributed by atoms with Gasteiger partial charge in [0, 0.05) is 25.6 Å². The van der Waals surface area contributed by atoms with Gasteiger partial charge in [0.2, 0.25) is 0 Å². The van der Waals surface area contributed by atoms with Gasteiger partial charge in [-0.15, -0.1) is 0 Å². The largest absolute Gasteiger partial charge is 0.478 e. The fraction of sp³-hybridized carbons (Fsp3) is 0.312. The molecule has 3 nitrogen and oxygen atoms in total. The van der Waals surface area contributed by atoms with Crippen LogP contribution in [0.15, 0.2) is 41.4 Å². The van der Waals surface area contributed by atoms with Crippen molar-refractivity contribution in [2.24, 2.45) is 4.99 Å². The van der Waals surface area contributed by atoms with Gasteiger partial charge in [0.15, 0.2) is 5.60 Å². The molecule has 2 aliphatic rings. The van der Waals surface area contributed by atoms with Crippen LogP contribution in [0, 0.1) is 0 Å². The van der Waals surface area contributed by atoms with Crippen LogP contribution in [-0.4, -0.2) is 17.3 Å². The molecular formula is C16H13F3N2O. The standard InChI is InChI=1S/C16H13F3N2O/c17-16(18,19)14-6-5-13-15(7-9-20-10-8-15)22-12-4-2-1-3-11(12)21(13)14/h1-6,9H,7-8,10H2. The number of hydrogen-bond acceptors (Lipinski definition) is 2. The van der Waals surface area contributed by atoms with E-state index in [1.165, 1.54) is 10.6 Å². The van der Waals surface area contributed by atoms with Gasteiger partial charge in [0.25, 0.3) is 0 Å². The smallest absolute Gasteiger partial charge is 0.431 e. The number of para-hydroxylation sites is 2. The van der Waals surface area contributed by atoms with Gasteiger partial charge in [0.1, 0.15) is 11.4 Å². The lowest BCUT2D eigenvalue weighted by molar-refractivity contribution is -0.142. The highest BCUT2D eigenvalue weighted by atomic mass is 19.4. The number of fused-ring (bicyclic) bond motifs is 4. The lowest BCUT2D eigenvalue weighted by atomic mass is 9.88. The number of hydrogen-bond donors (Lipinski definition) is 0. The molecule has 0 aliphatic carbocycles. The van der Waals surface area contributed by atoms with Crippen molar-refractivity contribution in [1.82, 2.24) is 4.57 Å². The summed E-state index contributed by atoms with van der Waals surface area (Å²) in [6.45, 7) is 0.550. The first-order chi connectivity index (χ1) is 10.5. The Bertz CT molecular complexity index is 763. The molecule has 1 aromatic heterocycles. The summed E-state index contributed by atoms with van der Waals surface area (Å²) >= 11 is 0. The van der Waals surface area contributed by atoms with E-state index in [-0.39, 0.29) is 0 Å². The number of aromatic nitrogens is 1. The van der Waals surface area contributed by atoms with E-state index >= 15 is 0 Å². The van der Waals surface area contributed by atoms with Crippen molar-refractivity contribution in [2.75, 3.05) is 6.54 Å². The normalized spacial score (nSPS) is 23.0. The van der Waals surface area contributed by atoms with Crippen LogP contribution in [0.5, 0.6) is 5.75 Å². The first-order valence-corrected chi connectivity index (χ1v) is 7.07. The van der Waals surface area contributed by atoms with Crippen molar-refractivity contribution in [1.29, 1.82) is 0 Å². The van der Waals surface area contributed by atoms with Crippen LogP contribution >= 0.6 is 0 Å². The third-order valence-electron chi connectivity index (χ3n) is 4.24. The molecule has 1 unspecified atom stereocenters. The molecule has 6 heteroatoms. The molecule has 1 atom stereocenters. The predicted octanol–water partition coefficient (Wildman–Crippen LogP) is 3.95. The van der Waals surface area contributed by atoms with E-state index in [2.05, 4.69) is 4.99 Å². The van der Waals surface area contributed by atoms with Crippen LogP contribution < -0.4 is 4.74 Å². The lowest BCUT2D eigenvalue weighted by Gasteiger charge is -2.40. The second kappa shape index (κ2) is 4.38. The molecule has 0 amide bonds. The molecule has 0 radical (unpaired) electrons. The average molecular weight is 306 g/mol. The van der Waals surface area contributed by atoms with E-state index in [1.54, 1.807) is 30.5 Å². The summed E-state index contributed by atoms with van der Waals surface area (Å²) in [5, 5.41) is 0. The van der Waals surface area contributed by atoms with E-state index < -0.39 is 17.5 Å². The molecule has 4 rings (SSSR count). The highest BCUT2D eigenvalue weighted by Gasteiger charge is 2.46. The summed E-state index contributed by atoms with van der Waals surface area (Å²) in [6.07, 6.45) is -1.63. The molecule has 2 aromatic rings. The molecular weight excluding hydrogens is 293 g/mol. The SMILES string of the molecule is FC(F)(F)c1ccc2n1-c1ccccc1OC21CC=NCC1. The maximum atomic E-state index is 13.4. The van der Waals surface area contributed by atoms with E-state index in [1.807, 2.05) is 0 Å². The van der Waals surface area contributed by atoms with Crippen molar-refractivity contribution in [3.8, 4) is 11.4 Å². The molecule has 0 fully saturated rings. The zero-order valence-electron chi connectivity index (χ0n) is 11.6. The molecule has 114 valence electrons. The minimum atomic E-state index is -4.41. The minimum absolute atomic E-state index is 0.433. The van der Waals surface area contributed by atoms with E-state index in [4.69, 9.17) is 4.74 Å². The molecule has 3 heterocycles. The Morgan fingerprint density at radius 1 is 1.14 bits per heavy atom. The first-order valence-electron chi connectivity index (χ1n) is 7.07. The Morgan fingerprint density at radius 3 is 2.68 bits per heavy atom. The van der Waals surface area contributed by atoms with Gasteiger partial charge in [-0.2, -0.15) is 13.2 Å². The number of benzene rings is 1. The van der Waals surface area contributed by atoms with Crippen molar-refractivity contribution < 1.29 is 17.9 Å². The molecule has 22 heavy (non-hydrogen) atoms. The van der Waals surface area contributed by atoms with Gasteiger partial charge < -0.3 is 9.30 Å². The molecule has 1 aromatic carbocycles. The van der Waals surface area contributed by atoms with Crippen LogP contribution in [0.4, 0.5) is 13.2 Å². The number of aliphatic imine (C=N–C) groups is 1. The van der Waals surface area contributed by atoms with Crippen molar-refractivity contribution in [3.05, 3.63) is 47.8 Å². The van der Waals surface area contributed by atoms with Gasteiger partial charge in [-0.05, 0) is 24.3 Å². The maximum Gasteiger partial charge on any atom is 0.431 e. The zero-order chi connectivity index (χ0) is 15.4. The van der Waals surface area contributed by atoms with Crippen LogP contribution in [0.3, 0.4) is 0 Å². The molecule has 0 saturated heterocycles. The van der Waals surface area contributed by atoms with E-state index in [9.17, 15) is 13.2 Å². The highest BCUT2D eigenvalue weighted by Crippen LogP contribution is 2.47. The molecule has 0 N–H and O–H groups in total. The van der Waals surface area contributed by atoms with Gasteiger partial charge in [-0.25, -0.2) is 0 Å². The second-order valence-electron chi connectivity index (χ2n) is 5.54. The van der Waals surface area contributed by atoms with E-state index in [0.29, 0.717) is 36.5 Å².